The standard InChI is InChI=1S/C14H29N3/c1-14(2)6-5-12(13(14)15-3)11-17-9-7-16(4)8-10-17/h12-13,15H,5-11H2,1-4H3. The zero-order chi connectivity index (χ0) is 12.5. The van der Waals surface area contributed by atoms with Crippen molar-refractivity contribution >= 4 is 0 Å². The average Bonchev–Trinajstić information content (AvgIpc) is 2.57. The summed E-state index contributed by atoms with van der Waals surface area (Å²) in [6.45, 7) is 11.1. The predicted octanol–water partition coefficient (Wildman–Crippen LogP) is 1.26. The lowest BCUT2D eigenvalue weighted by molar-refractivity contribution is 0.124. The highest BCUT2D eigenvalue weighted by Crippen LogP contribution is 2.41. The monoisotopic (exact) mass is 239 g/mol. The van der Waals surface area contributed by atoms with Crippen LogP contribution in [0.3, 0.4) is 0 Å². The Morgan fingerprint density at radius 3 is 2.41 bits per heavy atom. The van der Waals surface area contributed by atoms with Crippen molar-refractivity contribution in [1.82, 2.24) is 15.1 Å². The Balaban J connectivity index is 1.87. The van der Waals surface area contributed by atoms with Gasteiger partial charge in [-0.2, -0.15) is 0 Å². The van der Waals surface area contributed by atoms with Crippen molar-refractivity contribution in [2.45, 2.75) is 32.7 Å². The van der Waals surface area contributed by atoms with Gasteiger partial charge in [0, 0.05) is 38.8 Å². The molecule has 1 aliphatic heterocycles. The van der Waals surface area contributed by atoms with Crippen molar-refractivity contribution < 1.29 is 0 Å². The summed E-state index contributed by atoms with van der Waals surface area (Å²) >= 11 is 0. The van der Waals surface area contributed by atoms with E-state index in [9.17, 15) is 0 Å². The van der Waals surface area contributed by atoms with Crippen LogP contribution < -0.4 is 5.32 Å². The Kier molecular flexibility index (Phi) is 4.11. The van der Waals surface area contributed by atoms with Gasteiger partial charge in [0.1, 0.15) is 0 Å². The molecule has 1 N–H and O–H groups in total. The molecule has 0 aromatic rings. The highest BCUT2D eigenvalue weighted by molar-refractivity contribution is 4.96. The van der Waals surface area contributed by atoms with Crippen molar-refractivity contribution in [3.05, 3.63) is 0 Å². The molecule has 1 heterocycles. The van der Waals surface area contributed by atoms with E-state index in [2.05, 4.69) is 43.1 Å². The molecule has 0 spiro atoms. The smallest absolute Gasteiger partial charge is 0.0156 e. The summed E-state index contributed by atoms with van der Waals surface area (Å²) in [4.78, 5) is 5.10. The van der Waals surface area contributed by atoms with E-state index in [0.717, 1.165) is 5.92 Å². The van der Waals surface area contributed by atoms with Crippen LogP contribution in [0.15, 0.2) is 0 Å². The number of piperazine rings is 1. The first-order chi connectivity index (χ1) is 8.03. The molecule has 3 heteroatoms. The van der Waals surface area contributed by atoms with Crippen molar-refractivity contribution in [2.24, 2.45) is 11.3 Å². The van der Waals surface area contributed by atoms with Crippen LogP contribution >= 0.6 is 0 Å². The van der Waals surface area contributed by atoms with E-state index in [1.807, 2.05) is 0 Å². The summed E-state index contributed by atoms with van der Waals surface area (Å²) in [5.41, 5.74) is 0.478. The third-order valence-electron chi connectivity index (χ3n) is 4.87. The summed E-state index contributed by atoms with van der Waals surface area (Å²) in [5, 5.41) is 3.57. The summed E-state index contributed by atoms with van der Waals surface area (Å²) in [5.74, 6) is 0.846. The zero-order valence-electron chi connectivity index (χ0n) is 12.0. The number of likely N-dealkylation sites (N-methyl/N-ethyl adjacent to an activating group) is 1. The molecule has 2 aliphatic rings. The van der Waals surface area contributed by atoms with Gasteiger partial charge in [0.05, 0.1) is 0 Å². The topological polar surface area (TPSA) is 18.5 Å². The molecule has 0 amide bonds. The molecule has 2 rings (SSSR count). The quantitative estimate of drug-likeness (QED) is 0.800. The van der Waals surface area contributed by atoms with E-state index in [0.29, 0.717) is 11.5 Å². The Hall–Kier alpha value is -0.120. The number of nitrogens with one attached hydrogen (secondary N) is 1. The van der Waals surface area contributed by atoms with Crippen molar-refractivity contribution in [1.29, 1.82) is 0 Å². The van der Waals surface area contributed by atoms with Gasteiger partial charge in [0.2, 0.25) is 0 Å². The molecule has 0 radical (unpaired) electrons. The molecule has 2 atom stereocenters. The average molecular weight is 239 g/mol. The first-order valence-electron chi connectivity index (χ1n) is 7.11. The lowest BCUT2D eigenvalue weighted by Crippen LogP contribution is -2.49. The van der Waals surface area contributed by atoms with Crippen LogP contribution in [-0.2, 0) is 0 Å². The van der Waals surface area contributed by atoms with Crippen molar-refractivity contribution in [3.8, 4) is 0 Å². The maximum absolute atomic E-state index is 3.57. The van der Waals surface area contributed by atoms with Crippen LogP contribution in [0.1, 0.15) is 26.7 Å². The second-order valence-corrected chi connectivity index (χ2v) is 6.66. The minimum atomic E-state index is 0.478. The molecule has 1 saturated heterocycles. The SMILES string of the molecule is CNC1C(CN2CCN(C)CC2)CCC1(C)C. The van der Waals surface area contributed by atoms with E-state index >= 15 is 0 Å². The summed E-state index contributed by atoms with van der Waals surface area (Å²) in [7, 11) is 4.36. The van der Waals surface area contributed by atoms with E-state index < -0.39 is 0 Å². The normalized spacial score (nSPS) is 35.3. The van der Waals surface area contributed by atoms with Crippen LogP contribution in [0.2, 0.25) is 0 Å². The highest BCUT2D eigenvalue weighted by Gasteiger charge is 2.41. The van der Waals surface area contributed by atoms with Gasteiger partial charge in [0.15, 0.2) is 0 Å². The highest BCUT2D eigenvalue weighted by atomic mass is 15.2. The van der Waals surface area contributed by atoms with E-state index in [1.165, 1.54) is 45.6 Å². The largest absolute Gasteiger partial charge is 0.316 e. The zero-order valence-corrected chi connectivity index (χ0v) is 12.0. The van der Waals surface area contributed by atoms with Gasteiger partial charge in [-0.25, -0.2) is 0 Å². The van der Waals surface area contributed by atoms with E-state index in [4.69, 9.17) is 0 Å². The number of nitrogens with zero attached hydrogens (tertiary/aromatic N) is 2. The first kappa shape index (κ1) is 13.3. The molecule has 0 bridgehead atoms. The second-order valence-electron chi connectivity index (χ2n) is 6.66. The Morgan fingerprint density at radius 2 is 1.82 bits per heavy atom. The fraction of sp³-hybridized carbons (Fsp3) is 1.00. The first-order valence-corrected chi connectivity index (χ1v) is 7.11. The maximum Gasteiger partial charge on any atom is 0.0156 e. The van der Waals surface area contributed by atoms with E-state index in [1.54, 1.807) is 0 Å². The maximum atomic E-state index is 3.57. The molecule has 2 unspecified atom stereocenters. The van der Waals surface area contributed by atoms with Gasteiger partial charge in [0.25, 0.3) is 0 Å². The molecular formula is C14H29N3. The van der Waals surface area contributed by atoms with Crippen LogP contribution in [0, 0.1) is 11.3 Å². The molecule has 3 nitrogen and oxygen atoms in total. The predicted molar refractivity (Wildman–Crippen MR) is 73.3 cm³/mol. The minimum Gasteiger partial charge on any atom is -0.316 e. The van der Waals surface area contributed by atoms with Crippen molar-refractivity contribution in [3.63, 3.8) is 0 Å². The molecule has 17 heavy (non-hydrogen) atoms. The molecule has 0 aromatic heterocycles. The summed E-state index contributed by atoms with van der Waals surface area (Å²) < 4.78 is 0. The number of hydrogen-bond donors (Lipinski definition) is 1. The van der Waals surface area contributed by atoms with Crippen LogP contribution in [0.5, 0.6) is 0 Å². The van der Waals surface area contributed by atoms with Crippen LogP contribution in [0.4, 0.5) is 0 Å². The van der Waals surface area contributed by atoms with Crippen LogP contribution in [0.25, 0.3) is 0 Å². The van der Waals surface area contributed by atoms with Gasteiger partial charge < -0.3 is 15.1 Å². The summed E-state index contributed by atoms with van der Waals surface area (Å²) in [6.07, 6.45) is 2.77. The van der Waals surface area contributed by atoms with Gasteiger partial charge >= 0.3 is 0 Å². The third-order valence-corrected chi connectivity index (χ3v) is 4.87. The lowest BCUT2D eigenvalue weighted by atomic mass is 9.85. The third kappa shape index (κ3) is 3.01. The summed E-state index contributed by atoms with van der Waals surface area (Å²) in [6, 6.07) is 0.696. The molecular weight excluding hydrogens is 210 g/mol. The van der Waals surface area contributed by atoms with E-state index in [-0.39, 0.29) is 0 Å². The van der Waals surface area contributed by atoms with Crippen molar-refractivity contribution in [2.75, 3.05) is 46.8 Å². The number of rotatable bonds is 3. The van der Waals surface area contributed by atoms with Gasteiger partial charge in [-0.05, 0) is 38.3 Å². The lowest BCUT2D eigenvalue weighted by Gasteiger charge is -2.37. The van der Waals surface area contributed by atoms with Crippen LogP contribution in [-0.4, -0.2) is 62.7 Å². The second kappa shape index (κ2) is 5.25. The fourth-order valence-corrected chi connectivity index (χ4v) is 3.70. The van der Waals surface area contributed by atoms with Gasteiger partial charge in [-0.15, -0.1) is 0 Å². The molecule has 2 fully saturated rings. The Morgan fingerprint density at radius 1 is 1.18 bits per heavy atom. The fourth-order valence-electron chi connectivity index (χ4n) is 3.70. The molecule has 0 aromatic carbocycles. The molecule has 1 saturated carbocycles. The molecule has 100 valence electrons. The Bertz CT molecular complexity index is 244. The Labute approximate surface area is 107 Å². The minimum absolute atomic E-state index is 0.478. The molecule has 1 aliphatic carbocycles. The van der Waals surface area contributed by atoms with Gasteiger partial charge in [-0.1, -0.05) is 13.8 Å². The van der Waals surface area contributed by atoms with Gasteiger partial charge in [-0.3, -0.25) is 0 Å². The number of hydrogen-bond acceptors (Lipinski definition) is 3.